The Morgan fingerprint density at radius 1 is 1.47 bits per heavy atom. The van der Waals surface area contributed by atoms with Gasteiger partial charge in [-0.25, -0.2) is 24.9 Å². The topological polar surface area (TPSA) is 64.7 Å². The van der Waals surface area contributed by atoms with Crippen LogP contribution >= 0.6 is 12.6 Å². The maximum atomic E-state index is 11.9. The fraction of sp³-hybridized carbons (Fsp3) is 0.750. The molecule has 0 aliphatic carbocycles. The molecule has 1 saturated heterocycles. The Hall–Kier alpha value is -0.950. The molecule has 1 aliphatic rings. The van der Waals surface area contributed by atoms with E-state index in [2.05, 4.69) is 23.4 Å². The minimum absolute atomic E-state index is 0.196. The van der Waals surface area contributed by atoms with Crippen LogP contribution in [0.1, 0.15) is 20.8 Å². The fourth-order valence-corrected chi connectivity index (χ4v) is 1.75. The van der Waals surface area contributed by atoms with Crippen molar-refractivity contribution in [3.8, 4) is 0 Å². The standard InChI is InChI=1S/C8H16N4O2S/c1-5(2)11-6(13)10-8(3,15)12(9-4)7(11)14/h5,9,15H,1-4H3,(H,10,13). The van der Waals surface area contributed by atoms with Crippen LogP contribution < -0.4 is 10.7 Å². The number of hydrogen-bond acceptors (Lipinski definition) is 4. The number of carbonyl (C=O) groups is 2. The average Bonchev–Trinajstić information content (AvgIpc) is 2.00. The molecule has 1 fully saturated rings. The van der Waals surface area contributed by atoms with Gasteiger partial charge in [0.25, 0.3) is 0 Å². The molecular weight excluding hydrogens is 216 g/mol. The first-order valence-electron chi connectivity index (χ1n) is 4.66. The average molecular weight is 232 g/mol. The Bertz CT molecular complexity index is 292. The van der Waals surface area contributed by atoms with Crippen molar-refractivity contribution in [1.29, 1.82) is 0 Å². The van der Waals surface area contributed by atoms with E-state index in [1.165, 1.54) is 5.01 Å². The third-order valence-corrected chi connectivity index (χ3v) is 2.45. The molecule has 0 bridgehead atoms. The number of nitrogens with zero attached hydrogens (tertiary/aromatic N) is 2. The molecule has 1 unspecified atom stereocenters. The summed E-state index contributed by atoms with van der Waals surface area (Å²) in [5, 5.41) is 3.87. The molecule has 2 N–H and O–H groups in total. The van der Waals surface area contributed by atoms with Crippen LogP contribution in [-0.4, -0.2) is 40.1 Å². The summed E-state index contributed by atoms with van der Waals surface area (Å²) in [6.07, 6.45) is 0. The van der Waals surface area contributed by atoms with Gasteiger partial charge >= 0.3 is 12.1 Å². The molecule has 1 rings (SSSR count). The molecule has 7 heteroatoms. The normalized spacial score (nSPS) is 27.3. The highest BCUT2D eigenvalue weighted by Gasteiger charge is 2.44. The summed E-state index contributed by atoms with van der Waals surface area (Å²) in [6, 6.07) is -1.04. The highest BCUT2D eigenvalue weighted by molar-refractivity contribution is 7.81. The molecule has 6 nitrogen and oxygen atoms in total. The van der Waals surface area contributed by atoms with Gasteiger partial charge in [0.05, 0.1) is 0 Å². The molecule has 4 amide bonds. The van der Waals surface area contributed by atoms with Crippen LogP contribution in [0.25, 0.3) is 0 Å². The van der Waals surface area contributed by atoms with Crippen molar-refractivity contribution in [2.24, 2.45) is 0 Å². The third kappa shape index (κ3) is 2.03. The number of carbonyl (C=O) groups excluding carboxylic acids is 2. The quantitative estimate of drug-likeness (QED) is 0.610. The first-order chi connectivity index (χ1) is 6.81. The van der Waals surface area contributed by atoms with Crippen molar-refractivity contribution in [3.05, 3.63) is 0 Å². The van der Waals surface area contributed by atoms with Gasteiger partial charge in [0.2, 0.25) is 0 Å². The summed E-state index contributed by atoms with van der Waals surface area (Å²) in [5.74, 6) is 0. The van der Waals surface area contributed by atoms with Gasteiger partial charge in [-0.05, 0) is 20.8 Å². The van der Waals surface area contributed by atoms with Crippen LogP contribution in [0.15, 0.2) is 0 Å². The molecule has 0 radical (unpaired) electrons. The molecule has 0 aromatic rings. The number of thiol groups is 1. The zero-order chi connectivity index (χ0) is 11.8. The summed E-state index contributed by atoms with van der Waals surface area (Å²) < 4.78 is 0. The van der Waals surface area contributed by atoms with E-state index < -0.39 is 17.1 Å². The van der Waals surface area contributed by atoms with Gasteiger partial charge in [-0.15, -0.1) is 12.6 Å². The van der Waals surface area contributed by atoms with Gasteiger partial charge in [-0.1, -0.05) is 0 Å². The minimum Gasteiger partial charge on any atom is -0.305 e. The van der Waals surface area contributed by atoms with Crippen LogP contribution in [0.5, 0.6) is 0 Å². The van der Waals surface area contributed by atoms with E-state index in [1.54, 1.807) is 27.8 Å². The first-order valence-corrected chi connectivity index (χ1v) is 5.11. The summed E-state index contributed by atoms with van der Waals surface area (Å²) in [4.78, 5) is 23.6. The van der Waals surface area contributed by atoms with Gasteiger partial charge in [0.15, 0.2) is 4.99 Å². The molecular formula is C8H16N4O2S. The second kappa shape index (κ2) is 3.90. The highest BCUT2D eigenvalue weighted by Crippen LogP contribution is 2.22. The number of imide groups is 1. The predicted molar refractivity (Wildman–Crippen MR) is 59.2 cm³/mol. The van der Waals surface area contributed by atoms with Gasteiger partial charge < -0.3 is 5.32 Å². The minimum atomic E-state index is -1.02. The largest absolute Gasteiger partial charge is 0.345 e. The predicted octanol–water partition coefficient (Wildman–Crippen LogP) is 0.580. The number of hydrazine groups is 1. The van der Waals surface area contributed by atoms with Gasteiger partial charge in [-0.2, -0.15) is 0 Å². The molecule has 0 saturated carbocycles. The lowest BCUT2D eigenvalue weighted by Gasteiger charge is -2.45. The Morgan fingerprint density at radius 3 is 2.40 bits per heavy atom. The Kier molecular flexibility index (Phi) is 3.15. The molecule has 0 aromatic carbocycles. The lowest BCUT2D eigenvalue weighted by atomic mass is 10.3. The zero-order valence-corrected chi connectivity index (χ0v) is 10.1. The highest BCUT2D eigenvalue weighted by atomic mass is 32.1. The van der Waals surface area contributed by atoms with E-state index >= 15 is 0 Å². The van der Waals surface area contributed by atoms with Gasteiger partial charge in [0, 0.05) is 13.1 Å². The number of amides is 4. The van der Waals surface area contributed by atoms with Crippen molar-refractivity contribution in [2.45, 2.75) is 31.8 Å². The lowest BCUT2D eigenvalue weighted by molar-refractivity contribution is 0.0659. The Labute approximate surface area is 94.4 Å². The molecule has 1 aliphatic heterocycles. The summed E-state index contributed by atoms with van der Waals surface area (Å²) in [6.45, 7) is 5.17. The van der Waals surface area contributed by atoms with Crippen molar-refractivity contribution in [2.75, 3.05) is 7.05 Å². The monoisotopic (exact) mass is 232 g/mol. The van der Waals surface area contributed by atoms with Crippen molar-refractivity contribution in [1.82, 2.24) is 20.7 Å². The molecule has 86 valence electrons. The third-order valence-electron chi connectivity index (χ3n) is 2.14. The molecule has 1 atom stereocenters. The first kappa shape index (κ1) is 12.1. The van der Waals surface area contributed by atoms with E-state index in [0.717, 1.165) is 4.90 Å². The van der Waals surface area contributed by atoms with Crippen molar-refractivity contribution < 1.29 is 9.59 Å². The smallest absolute Gasteiger partial charge is 0.305 e. The summed E-state index contributed by atoms with van der Waals surface area (Å²) >= 11 is 4.20. The fourth-order valence-electron chi connectivity index (χ4n) is 1.47. The number of nitrogens with one attached hydrogen (secondary N) is 2. The number of urea groups is 2. The Morgan fingerprint density at radius 2 is 2.00 bits per heavy atom. The van der Waals surface area contributed by atoms with Crippen molar-refractivity contribution >= 4 is 24.7 Å². The molecule has 15 heavy (non-hydrogen) atoms. The summed E-state index contributed by atoms with van der Waals surface area (Å²) in [5.41, 5.74) is 2.70. The van der Waals surface area contributed by atoms with Crippen LogP contribution in [0.4, 0.5) is 9.59 Å². The second-order valence-electron chi connectivity index (χ2n) is 3.76. The van der Waals surface area contributed by atoms with Crippen LogP contribution in [-0.2, 0) is 0 Å². The maximum absolute atomic E-state index is 11.9. The zero-order valence-electron chi connectivity index (χ0n) is 9.24. The molecule has 0 aromatic heterocycles. The van der Waals surface area contributed by atoms with E-state index in [1.807, 2.05) is 0 Å². The lowest BCUT2D eigenvalue weighted by Crippen LogP contribution is -2.72. The second-order valence-corrected chi connectivity index (χ2v) is 4.63. The van der Waals surface area contributed by atoms with E-state index in [4.69, 9.17) is 0 Å². The van der Waals surface area contributed by atoms with Crippen LogP contribution in [0.3, 0.4) is 0 Å². The maximum Gasteiger partial charge on any atom is 0.345 e. The van der Waals surface area contributed by atoms with Gasteiger partial charge in [-0.3, -0.25) is 0 Å². The van der Waals surface area contributed by atoms with E-state index in [-0.39, 0.29) is 6.04 Å². The van der Waals surface area contributed by atoms with Crippen LogP contribution in [0.2, 0.25) is 0 Å². The SMILES string of the molecule is CNN1C(=O)N(C(C)C)C(=O)NC1(C)S. The van der Waals surface area contributed by atoms with Crippen molar-refractivity contribution in [3.63, 3.8) is 0 Å². The summed E-state index contributed by atoms with van der Waals surface area (Å²) in [7, 11) is 1.60. The number of rotatable bonds is 2. The van der Waals surface area contributed by atoms with E-state index in [0.29, 0.717) is 0 Å². The van der Waals surface area contributed by atoms with E-state index in [9.17, 15) is 9.59 Å². The molecule has 0 spiro atoms. The van der Waals surface area contributed by atoms with Crippen LogP contribution in [0, 0.1) is 0 Å². The van der Waals surface area contributed by atoms with Gasteiger partial charge in [0.1, 0.15) is 0 Å². The number of hydrogen-bond donors (Lipinski definition) is 3. The molecule has 1 heterocycles. The Balaban J connectivity index is 3.01.